The Morgan fingerprint density at radius 2 is 2.00 bits per heavy atom. The maximum Gasteiger partial charge on any atom is 0.238 e. The summed E-state index contributed by atoms with van der Waals surface area (Å²) in [5.74, 6) is 0.703. The molecule has 0 radical (unpaired) electrons. The normalized spacial score (nSPS) is 11.2. The summed E-state index contributed by atoms with van der Waals surface area (Å²) >= 11 is 5.96. The lowest BCUT2D eigenvalue weighted by Gasteiger charge is -2.11. The maximum absolute atomic E-state index is 11.3. The lowest BCUT2D eigenvalue weighted by molar-refractivity contribution is 0.410. The molecule has 21 heavy (non-hydrogen) atoms. The molecule has 0 heterocycles. The highest BCUT2D eigenvalue weighted by atomic mass is 35.5. The summed E-state index contributed by atoms with van der Waals surface area (Å²) in [7, 11) is -2.14. The van der Waals surface area contributed by atoms with Crippen molar-refractivity contribution in [3.8, 4) is 5.75 Å². The van der Waals surface area contributed by atoms with E-state index in [0.29, 0.717) is 23.0 Å². The molecule has 0 saturated heterocycles. The lowest BCUT2D eigenvalue weighted by Crippen LogP contribution is -2.12. The molecule has 0 unspecified atom stereocenters. The quantitative estimate of drug-likeness (QED) is 0.885. The third-order valence-corrected chi connectivity index (χ3v) is 4.03. The lowest BCUT2D eigenvalue weighted by atomic mass is 10.2. The van der Waals surface area contributed by atoms with Crippen LogP contribution in [0.4, 0.5) is 5.69 Å². The minimum Gasteiger partial charge on any atom is -0.496 e. The van der Waals surface area contributed by atoms with Gasteiger partial charge < -0.3 is 10.1 Å². The Hall–Kier alpha value is -1.76. The van der Waals surface area contributed by atoms with E-state index in [0.717, 1.165) is 5.56 Å². The Balaban J connectivity index is 2.19. The zero-order valence-corrected chi connectivity index (χ0v) is 12.9. The van der Waals surface area contributed by atoms with Crippen LogP contribution in [0.1, 0.15) is 5.56 Å². The van der Waals surface area contributed by atoms with Crippen LogP contribution in [0.5, 0.6) is 5.75 Å². The number of methoxy groups -OCH3 is 1. The average molecular weight is 327 g/mol. The van der Waals surface area contributed by atoms with Crippen LogP contribution in [-0.4, -0.2) is 15.5 Å². The highest BCUT2D eigenvalue weighted by Gasteiger charge is 2.08. The molecule has 0 amide bonds. The zero-order chi connectivity index (χ0) is 15.5. The summed E-state index contributed by atoms with van der Waals surface area (Å²) in [5, 5.41) is 8.82. The van der Waals surface area contributed by atoms with Gasteiger partial charge in [0.2, 0.25) is 10.0 Å². The van der Waals surface area contributed by atoms with E-state index >= 15 is 0 Å². The van der Waals surface area contributed by atoms with E-state index in [9.17, 15) is 8.42 Å². The maximum atomic E-state index is 11.3. The van der Waals surface area contributed by atoms with Crippen molar-refractivity contribution >= 4 is 27.3 Å². The highest BCUT2D eigenvalue weighted by Crippen LogP contribution is 2.24. The molecule has 5 nitrogen and oxygen atoms in total. The largest absolute Gasteiger partial charge is 0.496 e. The van der Waals surface area contributed by atoms with E-state index < -0.39 is 10.0 Å². The smallest absolute Gasteiger partial charge is 0.238 e. The first-order valence-corrected chi connectivity index (χ1v) is 8.02. The molecule has 0 aliphatic rings. The van der Waals surface area contributed by atoms with Crippen LogP contribution in [0.2, 0.25) is 5.02 Å². The first kappa shape index (κ1) is 15.6. The second-order valence-corrected chi connectivity index (χ2v) is 6.38. The Bertz CT molecular complexity index is 748. The van der Waals surface area contributed by atoms with Gasteiger partial charge in [-0.25, -0.2) is 13.6 Å². The summed E-state index contributed by atoms with van der Waals surface area (Å²) in [6.45, 7) is 0.442. The van der Waals surface area contributed by atoms with Crippen molar-refractivity contribution in [3.05, 3.63) is 53.1 Å². The molecule has 2 aromatic carbocycles. The van der Waals surface area contributed by atoms with Crippen LogP contribution >= 0.6 is 11.6 Å². The predicted octanol–water partition coefficient (Wildman–Crippen LogP) is 2.61. The molecule has 0 atom stereocenters. The number of sulfonamides is 1. The predicted molar refractivity (Wildman–Crippen MR) is 83.1 cm³/mol. The molecule has 0 bridgehead atoms. The number of rotatable bonds is 5. The molecule has 112 valence electrons. The van der Waals surface area contributed by atoms with Crippen molar-refractivity contribution in [1.82, 2.24) is 0 Å². The fourth-order valence-electron chi connectivity index (χ4n) is 1.87. The van der Waals surface area contributed by atoms with Gasteiger partial charge in [-0.2, -0.15) is 0 Å². The van der Waals surface area contributed by atoms with Gasteiger partial charge in [-0.1, -0.05) is 17.7 Å². The SMILES string of the molecule is COc1ccc(Cl)cc1CNc1cccc(S(N)(=O)=O)c1. The fourth-order valence-corrected chi connectivity index (χ4v) is 2.62. The number of nitrogens with one attached hydrogen (secondary N) is 1. The fraction of sp³-hybridized carbons (Fsp3) is 0.143. The van der Waals surface area contributed by atoms with Gasteiger partial charge in [0, 0.05) is 22.8 Å². The Labute approximate surface area is 128 Å². The van der Waals surface area contributed by atoms with Crippen LogP contribution in [0.3, 0.4) is 0 Å². The van der Waals surface area contributed by atoms with Crippen LogP contribution in [0.15, 0.2) is 47.4 Å². The van der Waals surface area contributed by atoms with Crippen molar-refractivity contribution in [3.63, 3.8) is 0 Å². The molecular weight excluding hydrogens is 312 g/mol. The number of benzene rings is 2. The van der Waals surface area contributed by atoms with E-state index in [2.05, 4.69) is 5.32 Å². The van der Waals surface area contributed by atoms with Gasteiger partial charge >= 0.3 is 0 Å². The van der Waals surface area contributed by atoms with Crippen molar-refractivity contribution in [1.29, 1.82) is 0 Å². The molecule has 0 aromatic heterocycles. The molecule has 0 aliphatic carbocycles. The summed E-state index contributed by atoms with van der Waals surface area (Å²) in [4.78, 5) is 0.0607. The number of primary sulfonamides is 1. The monoisotopic (exact) mass is 326 g/mol. The Morgan fingerprint density at radius 3 is 2.67 bits per heavy atom. The van der Waals surface area contributed by atoms with Gasteiger partial charge in [-0.05, 0) is 36.4 Å². The molecular formula is C14H15ClN2O3S. The molecule has 3 N–H and O–H groups in total. The van der Waals surface area contributed by atoms with Gasteiger partial charge in [0.1, 0.15) is 5.75 Å². The van der Waals surface area contributed by atoms with E-state index in [4.69, 9.17) is 21.5 Å². The third kappa shape index (κ3) is 4.10. The Kier molecular flexibility index (Phi) is 4.72. The second-order valence-electron chi connectivity index (χ2n) is 4.38. The standard InChI is InChI=1S/C14H15ClN2O3S/c1-20-14-6-5-11(15)7-10(14)9-17-12-3-2-4-13(8-12)21(16,18)19/h2-8,17H,9H2,1H3,(H2,16,18,19). The number of ether oxygens (including phenoxy) is 1. The van der Waals surface area contributed by atoms with Crippen LogP contribution in [0, 0.1) is 0 Å². The molecule has 7 heteroatoms. The minimum atomic E-state index is -3.71. The first-order valence-electron chi connectivity index (χ1n) is 6.09. The topological polar surface area (TPSA) is 81.4 Å². The molecule has 0 saturated carbocycles. The second kappa shape index (κ2) is 6.34. The first-order chi connectivity index (χ1) is 9.90. The van der Waals surface area contributed by atoms with E-state index in [-0.39, 0.29) is 4.90 Å². The van der Waals surface area contributed by atoms with Crippen molar-refractivity contribution in [2.45, 2.75) is 11.4 Å². The molecule has 2 aromatic rings. The van der Waals surface area contributed by atoms with Gasteiger partial charge in [0.15, 0.2) is 0 Å². The number of halogens is 1. The van der Waals surface area contributed by atoms with Crippen molar-refractivity contribution < 1.29 is 13.2 Å². The van der Waals surface area contributed by atoms with Gasteiger partial charge in [-0.3, -0.25) is 0 Å². The van der Waals surface area contributed by atoms with Gasteiger partial charge in [0.05, 0.1) is 12.0 Å². The molecule has 0 spiro atoms. The Morgan fingerprint density at radius 1 is 1.24 bits per heavy atom. The summed E-state index contributed by atoms with van der Waals surface area (Å²) < 4.78 is 27.9. The average Bonchev–Trinajstić information content (AvgIpc) is 2.45. The highest BCUT2D eigenvalue weighted by molar-refractivity contribution is 7.89. The number of anilines is 1. The number of hydrogen-bond donors (Lipinski definition) is 2. The van der Waals surface area contributed by atoms with E-state index in [1.165, 1.54) is 12.1 Å². The summed E-state index contributed by atoms with van der Waals surface area (Å²) in [6, 6.07) is 11.6. The third-order valence-electron chi connectivity index (χ3n) is 2.89. The number of nitrogens with two attached hydrogens (primary N) is 1. The van der Waals surface area contributed by atoms with Crippen molar-refractivity contribution in [2.24, 2.45) is 5.14 Å². The van der Waals surface area contributed by atoms with Gasteiger partial charge in [-0.15, -0.1) is 0 Å². The van der Waals surface area contributed by atoms with Crippen LogP contribution < -0.4 is 15.2 Å². The summed E-state index contributed by atoms with van der Waals surface area (Å²) in [5.41, 5.74) is 1.51. The van der Waals surface area contributed by atoms with E-state index in [1.807, 2.05) is 0 Å². The summed E-state index contributed by atoms with van der Waals surface area (Å²) in [6.07, 6.45) is 0. The minimum absolute atomic E-state index is 0.0607. The number of hydrogen-bond acceptors (Lipinski definition) is 4. The zero-order valence-electron chi connectivity index (χ0n) is 11.3. The molecule has 0 fully saturated rings. The van der Waals surface area contributed by atoms with Gasteiger partial charge in [0.25, 0.3) is 0 Å². The molecule has 0 aliphatic heterocycles. The van der Waals surface area contributed by atoms with Crippen LogP contribution in [-0.2, 0) is 16.6 Å². The van der Waals surface area contributed by atoms with E-state index in [1.54, 1.807) is 37.4 Å². The van der Waals surface area contributed by atoms with Crippen LogP contribution in [0.25, 0.3) is 0 Å². The van der Waals surface area contributed by atoms with Crippen molar-refractivity contribution in [2.75, 3.05) is 12.4 Å². The molecule has 2 rings (SSSR count).